The van der Waals surface area contributed by atoms with Crippen molar-refractivity contribution in [3.63, 3.8) is 0 Å². The largest absolute Gasteiger partial charge is 0.506 e. The predicted molar refractivity (Wildman–Crippen MR) is 81.2 cm³/mol. The quantitative estimate of drug-likeness (QED) is 0.640. The molecule has 0 spiro atoms. The number of esters is 1. The molecule has 0 amide bonds. The molecule has 1 aromatic rings. The number of phenols is 1. The fraction of sp³-hybridized carbons (Fsp3) is 0.375. The van der Waals surface area contributed by atoms with E-state index in [0.717, 1.165) is 0 Å². The molecule has 0 fully saturated rings. The van der Waals surface area contributed by atoms with Gasteiger partial charge in [0.15, 0.2) is 11.9 Å². The van der Waals surface area contributed by atoms with Crippen LogP contribution in [0.25, 0.3) is 6.08 Å². The molecule has 0 aliphatic heterocycles. The third-order valence-electron chi connectivity index (χ3n) is 3.18. The van der Waals surface area contributed by atoms with Crippen molar-refractivity contribution in [2.24, 2.45) is 0 Å². The van der Waals surface area contributed by atoms with Gasteiger partial charge in [-0.15, -0.1) is 0 Å². The van der Waals surface area contributed by atoms with Gasteiger partial charge in [-0.1, -0.05) is 0 Å². The molecule has 1 unspecified atom stereocenters. The molecular weight excluding hydrogens is 288 g/mol. The average Bonchev–Trinajstić information content (AvgIpc) is 2.49. The number of ether oxygens (including phenoxy) is 3. The molecule has 0 aromatic heterocycles. The van der Waals surface area contributed by atoms with Crippen LogP contribution in [-0.2, 0) is 14.3 Å². The van der Waals surface area contributed by atoms with Crippen molar-refractivity contribution >= 4 is 17.8 Å². The van der Waals surface area contributed by atoms with E-state index in [1.807, 2.05) is 0 Å². The number of Topliss-reactive ketones (excluding diaryl/α,β-unsaturated/α-hetero) is 1. The first-order valence-electron chi connectivity index (χ1n) is 6.57. The summed E-state index contributed by atoms with van der Waals surface area (Å²) in [7, 11) is 4.07. The summed E-state index contributed by atoms with van der Waals surface area (Å²) in [4.78, 5) is 23.1. The summed E-state index contributed by atoms with van der Waals surface area (Å²) < 4.78 is 14.9. The number of ketones is 1. The highest BCUT2D eigenvalue weighted by Gasteiger charge is 2.19. The molecular formula is C16H20O6. The summed E-state index contributed by atoms with van der Waals surface area (Å²) in [5.74, 6) is -0.629. The van der Waals surface area contributed by atoms with Crippen LogP contribution in [0.5, 0.6) is 11.5 Å². The number of hydrogen-bond donors (Lipinski definition) is 1. The number of methoxy groups -OCH3 is 3. The fourth-order valence-electron chi connectivity index (χ4n) is 2.06. The molecule has 1 N–H and O–H groups in total. The van der Waals surface area contributed by atoms with Gasteiger partial charge in [-0.3, -0.25) is 4.79 Å². The van der Waals surface area contributed by atoms with Crippen molar-refractivity contribution < 1.29 is 28.9 Å². The minimum atomic E-state index is -0.921. The summed E-state index contributed by atoms with van der Waals surface area (Å²) in [6.45, 7) is 3.12. The zero-order chi connectivity index (χ0) is 16.9. The molecule has 0 radical (unpaired) electrons. The van der Waals surface area contributed by atoms with E-state index >= 15 is 0 Å². The van der Waals surface area contributed by atoms with E-state index in [4.69, 9.17) is 9.47 Å². The maximum atomic E-state index is 11.6. The lowest BCUT2D eigenvalue weighted by Gasteiger charge is -2.14. The highest BCUT2D eigenvalue weighted by Crippen LogP contribution is 2.36. The van der Waals surface area contributed by atoms with Crippen LogP contribution in [0, 0.1) is 6.92 Å². The molecule has 0 aliphatic rings. The molecule has 0 saturated carbocycles. The van der Waals surface area contributed by atoms with Gasteiger partial charge in [0.2, 0.25) is 0 Å². The Balaban J connectivity index is 3.38. The average molecular weight is 308 g/mol. The Morgan fingerprint density at radius 3 is 2.36 bits per heavy atom. The minimum absolute atomic E-state index is 0.185. The van der Waals surface area contributed by atoms with Crippen molar-refractivity contribution in [2.45, 2.75) is 20.0 Å². The Morgan fingerprint density at radius 2 is 1.91 bits per heavy atom. The Hall–Kier alpha value is -2.34. The Kier molecular flexibility index (Phi) is 6.12. The summed E-state index contributed by atoms with van der Waals surface area (Å²) in [6.07, 6.45) is 1.97. The normalized spacial score (nSPS) is 12.2. The van der Waals surface area contributed by atoms with E-state index in [2.05, 4.69) is 4.74 Å². The first-order chi connectivity index (χ1) is 10.4. The van der Waals surface area contributed by atoms with Crippen molar-refractivity contribution in [3.05, 3.63) is 28.8 Å². The topological polar surface area (TPSA) is 82.1 Å². The maximum Gasteiger partial charge on any atom is 0.339 e. The van der Waals surface area contributed by atoms with Crippen LogP contribution >= 0.6 is 0 Å². The second kappa shape index (κ2) is 7.61. The minimum Gasteiger partial charge on any atom is -0.506 e. The van der Waals surface area contributed by atoms with E-state index < -0.39 is 12.1 Å². The zero-order valence-electron chi connectivity index (χ0n) is 13.3. The molecule has 6 heteroatoms. The van der Waals surface area contributed by atoms with Crippen LogP contribution in [0.4, 0.5) is 0 Å². The lowest BCUT2D eigenvalue weighted by atomic mass is 10.00. The van der Waals surface area contributed by atoms with E-state index in [0.29, 0.717) is 16.9 Å². The van der Waals surface area contributed by atoms with Crippen molar-refractivity contribution in [3.8, 4) is 11.5 Å². The number of aryl methyl sites for hydroxylation is 1. The number of benzene rings is 1. The van der Waals surface area contributed by atoms with Crippen LogP contribution in [0.1, 0.15) is 28.4 Å². The standard InChI is InChI=1S/C16H20O6/c1-9-8-12(10(2)17)14(18)11(15(9)21-4)6-7-13(20-3)16(19)22-5/h6-8,13,18H,1-5H3/b7-6+. The first-order valence-corrected chi connectivity index (χ1v) is 6.57. The Morgan fingerprint density at radius 1 is 1.27 bits per heavy atom. The van der Waals surface area contributed by atoms with Gasteiger partial charge in [-0.25, -0.2) is 4.79 Å². The number of carbonyl (C=O) groups excluding carboxylic acids is 2. The molecule has 0 heterocycles. The summed E-state index contributed by atoms with van der Waals surface area (Å²) >= 11 is 0. The Bertz CT molecular complexity index is 603. The first kappa shape index (κ1) is 17.7. The number of phenolic OH excluding ortho intramolecular Hbond substituents is 1. The fourth-order valence-corrected chi connectivity index (χ4v) is 2.06. The number of carbonyl (C=O) groups is 2. The van der Waals surface area contributed by atoms with Crippen molar-refractivity contribution in [2.75, 3.05) is 21.3 Å². The third-order valence-corrected chi connectivity index (χ3v) is 3.18. The van der Waals surface area contributed by atoms with Crippen LogP contribution in [0.15, 0.2) is 12.1 Å². The van der Waals surface area contributed by atoms with Gasteiger partial charge in [-0.2, -0.15) is 0 Å². The highest BCUT2D eigenvalue weighted by molar-refractivity contribution is 5.99. The molecule has 0 aliphatic carbocycles. The lowest BCUT2D eigenvalue weighted by molar-refractivity contribution is -0.149. The SMILES string of the molecule is COC(=O)C(/C=C/c1c(O)c(C(C)=O)cc(C)c1OC)OC. The smallest absolute Gasteiger partial charge is 0.339 e. The number of aromatic hydroxyl groups is 1. The van der Waals surface area contributed by atoms with Crippen molar-refractivity contribution in [1.82, 2.24) is 0 Å². The van der Waals surface area contributed by atoms with Crippen LogP contribution in [0.3, 0.4) is 0 Å². The predicted octanol–water partition coefficient (Wildman–Crippen LogP) is 2.11. The van der Waals surface area contributed by atoms with E-state index in [1.54, 1.807) is 13.0 Å². The number of hydrogen-bond acceptors (Lipinski definition) is 6. The van der Waals surface area contributed by atoms with Crippen LogP contribution < -0.4 is 4.74 Å². The summed E-state index contributed by atoms with van der Waals surface area (Å²) in [5.41, 5.74) is 1.18. The molecule has 0 bridgehead atoms. The van der Waals surface area contributed by atoms with E-state index in [-0.39, 0.29) is 17.1 Å². The molecule has 120 valence electrons. The van der Waals surface area contributed by atoms with E-state index in [9.17, 15) is 14.7 Å². The van der Waals surface area contributed by atoms with Gasteiger partial charge in [0.25, 0.3) is 0 Å². The molecule has 6 nitrogen and oxygen atoms in total. The summed E-state index contributed by atoms with van der Waals surface area (Å²) in [6, 6.07) is 1.56. The maximum absolute atomic E-state index is 11.6. The highest BCUT2D eigenvalue weighted by atomic mass is 16.6. The van der Waals surface area contributed by atoms with Gasteiger partial charge < -0.3 is 19.3 Å². The van der Waals surface area contributed by atoms with E-state index in [1.165, 1.54) is 40.4 Å². The van der Waals surface area contributed by atoms with Gasteiger partial charge in [0.05, 0.1) is 25.3 Å². The molecule has 1 rings (SSSR count). The zero-order valence-corrected chi connectivity index (χ0v) is 13.3. The second-order valence-electron chi connectivity index (χ2n) is 4.63. The lowest BCUT2D eigenvalue weighted by Crippen LogP contribution is -2.21. The van der Waals surface area contributed by atoms with Gasteiger partial charge in [0, 0.05) is 7.11 Å². The molecule has 1 aromatic carbocycles. The second-order valence-corrected chi connectivity index (χ2v) is 4.63. The van der Waals surface area contributed by atoms with Crippen molar-refractivity contribution in [1.29, 1.82) is 0 Å². The third kappa shape index (κ3) is 3.65. The van der Waals surface area contributed by atoms with Crippen LogP contribution in [-0.4, -0.2) is 44.3 Å². The molecule has 0 saturated heterocycles. The summed E-state index contributed by atoms with van der Waals surface area (Å²) in [5, 5.41) is 10.3. The monoisotopic (exact) mass is 308 g/mol. The Labute approximate surface area is 129 Å². The van der Waals surface area contributed by atoms with Gasteiger partial charge in [0.1, 0.15) is 11.5 Å². The van der Waals surface area contributed by atoms with Gasteiger partial charge >= 0.3 is 5.97 Å². The molecule has 22 heavy (non-hydrogen) atoms. The van der Waals surface area contributed by atoms with Crippen LogP contribution in [0.2, 0.25) is 0 Å². The molecule has 1 atom stereocenters. The number of rotatable bonds is 6. The van der Waals surface area contributed by atoms with Gasteiger partial charge in [-0.05, 0) is 37.6 Å².